The first-order valence-electron chi connectivity index (χ1n) is 37.8. The number of phosphoric acid groups is 2. The van der Waals surface area contributed by atoms with Crippen molar-refractivity contribution in [1.29, 1.82) is 0 Å². The molecule has 4 unspecified atom stereocenters. The number of ether oxygens (including phenoxy) is 4. The third-order valence-electron chi connectivity index (χ3n) is 17.5. The zero-order valence-electron chi connectivity index (χ0n) is 60.2. The molecular formula is C73H142O17P2. The third kappa shape index (κ3) is 64.1. The minimum atomic E-state index is -4.95. The first kappa shape index (κ1) is 90.1. The van der Waals surface area contributed by atoms with E-state index < -0.39 is 97.5 Å². The number of unbranched alkanes of at least 4 members (excludes halogenated alkanes) is 34. The lowest BCUT2D eigenvalue weighted by molar-refractivity contribution is -0.161. The molecule has 0 saturated carbocycles. The van der Waals surface area contributed by atoms with Gasteiger partial charge in [-0.3, -0.25) is 37.3 Å². The van der Waals surface area contributed by atoms with Gasteiger partial charge in [-0.25, -0.2) is 9.13 Å². The van der Waals surface area contributed by atoms with Gasteiger partial charge in [0.05, 0.1) is 26.4 Å². The van der Waals surface area contributed by atoms with Gasteiger partial charge in [0.1, 0.15) is 19.3 Å². The Morgan fingerprint density at radius 3 is 0.772 bits per heavy atom. The maximum Gasteiger partial charge on any atom is 0.472 e. The Bertz CT molecular complexity index is 1820. The second-order valence-electron chi connectivity index (χ2n) is 27.8. The molecule has 19 heteroatoms. The summed E-state index contributed by atoms with van der Waals surface area (Å²) in [6.45, 7) is 14.1. The Hall–Kier alpha value is -1.94. The molecule has 546 valence electrons. The Labute approximate surface area is 562 Å². The van der Waals surface area contributed by atoms with Gasteiger partial charge >= 0.3 is 39.5 Å². The summed E-state index contributed by atoms with van der Waals surface area (Å²) in [5.41, 5.74) is 0. The smallest absolute Gasteiger partial charge is 0.462 e. The molecule has 0 radical (unpaired) electrons. The molecular weight excluding hydrogens is 1210 g/mol. The van der Waals surface area contributed by atoms with E-state index in [-0.39, 0.29) is 25.7 Å². The van der Waals surface area contributed by atoms with E-state index in [0.29, 0.717) is 31.6 Å². The van der Waals surface area contributed by atoms with Crippen LogP contribution in [0.1, 0.15) is 364 Å². The molecule has 0 aromatic rings. The van der Waals surface area contributed by atoms with E-state index in [1.807, 2.05) is 0 Å². The van der Waals surface area contributed by atoms with Crippen molar-refractivity contribution < 1.29 is 80.2 Å². The maximum absolute atomic E-state index is 13.0. The Kier molecular flexibility index (Phi) is 61.3. The maximum atomic E-state index is 13.0. The average molecular weight is 1350 g/mol. The SMILES string of the molecule is CCC(C)CCCCCCCCCCCCC(=O)OC[C@H](COP(=O)(O)OC[C@@H](O)COP(=O)(O)OC[C@@H](COC(=O)CCCCCCCCC(C)CC)OC(=O)CCCCCCCCCCCCCCCCCCC(C)C)OC(=O)CCCCCCCCC(C)C. The molecule has 92 heavy (non-hydrogen) atoms. The first-order chi connectivity index (χ1) is 44.2. The summed E-state index contributed by atoms with van der Waals surface area (Å²) in [6.07, 6.45) is 46.0. The highest BCUT2D eigenvalue weighted by Gasteiger charge is 2.30. The molecule has 0 heterocycles. The topological polar surface area (TPSA) is 237 Å². The molecule has 0 aliphatic heterocycles. The largest absolute Gasteiger partial charge is 0.472 e. The van der Waals surface area contributed by atoms with Gasteiger partial charge in [0.2, 0.25) is 0 Å². The van der Waals surface area contributed by atoms with Crippen molar-refractivity contribution in [3.63, 3.8) is 0 Å². The number of aliphatic hydroxyl groups excluding tert-OH is 1. The van der Waals surface area contributed by atoms with E-state index in [4.69, 9.17) is 37.0 Å². The predicted octanol–water partition coefficient (Wildman–Crippen LogP) is 20.9. The van der Waals surface area contributed by atoms with Gasteiger partial charge < -0.3 is 33.8 Å². The zero-order valence-corrected chi connectivity index (χ0v) is 62.0. The fourth-order valence-corrected chi connectivity index (χ4v) is 12.5. The minimum absolute atomic E-state index is 0.102. The number of hydrogen-bond donors (Lipinski definition) is 3. The Morgan fingerprint density at radius 1 is 0.304 bits per heavy atom. The van der Waals surface area contributed by atoms with Crippen LogP contribution in [0.4, 0.5) is 0 Å². The fraction of sp³-hybridized carbons (Fsp3) is 0.945. The van der Waals surface area contributed by atoms with Crippen LogP contribution in [0.5, 0.6) is 0 Å². The summed E-state index contributed by atoms with van der Waals surface area (Å²) >= 11 is 0. The average Bonchev–Trinajstić information content (AvgIpc) is 2.60. The molecule has 3 N–H and O–H groups in total. The van der Waals surface area contributed by atoms with Gasteiger partial charge in [0.25, 0.3) is 0 Å². The first-order valence-corrected chi connectivity index (χ1v) is 40.8. The number of aliphatic hydroxyl groups is 1. The van der Waals surface area contributed by atoms with Crippen LogP contribution >= 0.6 is 15.6 Å². The molecule has 0 aromatic heterocycles. The predicted molar refractivity (Wildman–Crippen MR) is 372 cm³/mol. The summed E-state index contributed by atoms with van der Waals surface area (Å²) in [5.74, 6) is 0.888. The number of carbonyl (C=O) groups is 4. The van der Waals surface area contributed by atoms with Crippen LogP contribution < -0.4 is 0 Å². The molecule has 17 nitrogen and oxygen atoms in total. The molecule has 0 fully saturated rings. The van der Waals surface area contributed by atoms with Gasteiger partial charge in [0.15, 0.2) is 12.2 Å². The van der Waals surface area contributed by atoms with Crippen LogP contribution in [0, 0.1) is 23.7 Å². The highest BCUT2D eigenvalue weighted by atomic mass is 31.2. The second kappa shape index (κ2) is 62.6. The normalized spacial score (nSPS) is 14.8. The van der Waals surface area contributed by atoms with E-state index >= 15 is 0 Å². The lowest BCUT2D eigenvalue weighted by Gasteiger charge is -2.21. The molecule has 7 atom stereocenters. The van der Waals surface area contributed by atoms with Gasteiger partial charge in [-0.15, -0.1) is 0 Å². The number of carbonyl (C=O) groups excluding carboxylic acids is 4. The Balaban J connectivity index is 5.19. The third-order valence-corrected chi connectivity index (χ3v) is 19.4. The van der Waals surface area contributed by atoms with Crippen molar-refractivity contribution in [3.05, 3.63) is 0 Å². The molecule has 0 rings (SSSR count). The van der Waals surface area contributed by atoms with Crippen LogP contribution in [-0.4, -0.2) is 96.7 Å². The van der Waals surface area contributed by atoms with Crippen LogP contribution in [0.25, 0.3) is 0 Å². The van der Waals surface area contributed by atoms with Crippen molar-refractivity contribution in [3.8, 4) is 0 Å². The summed E-state index contributed by atoms with van der Waals surface area (Å²) in [5, 5.41) is 10.6. The second-order valence-corrected chi connectivity index (χ2v) is 30.7. The van der Waals surface area contributed by atoms with E-state index in [0.717, 1.165) is 114 Å². The van der Waals surface area contributed by atoms with Crippen molar-refractivity contribution in [1.82, 2.24) is 0 Å². The van der Waals surface area contributed by atoms with Gasteiger partial charge in [0, 0.05) is 25.7 Å². The number of esters is 4. The van der Waals surface area contributed by atoms with E-state index in [1.54, 1.807) is 0 Å². The monoisotopic (exact) mass is 1350 g/mol. The fourth-order valence-electron chi connectivity index (χ4n) is 11.0. The molecule has 0 amide bonds. The van der Waals surface area contributed by atoms with Crippen molar-refractivity contribution in [2.45, 2.75) is 382 Å². The molecule has 0 aromatic carbocycles. The summed E-state index contributed by atoms with van der Waals surface area (Å²) in [6, 6.07) is 0. The van der Waals surface area contributed by atoms with E-state index in [1.165, 1.54) is 161 Å². The van der Waals surface area contributed by atoms with Crippen LogP contribution in [0.15, 0.2) is 0 Å². The zero-order chi connectivity index (χ0) is 68.2. The van der Waals surface area contributed by atoms with Crippen LogP contribution in [0.3, 0.4) is 0 Å². The van der Waals surface area contributed by atoms with E-state index in [2.05, 4.69) is 55.4 Å². The number of hydrogen-bond acceptors (Lipinski definition) is 15. The van der Waals surface area contributed by atoms with E-state index in [9.17, 15) is 43.2 Å². The molecule has 0 bridgehead atoms. The van der Waals surface area contributed by atoms with Crippen molar-refractivity contribution >= 4 is 39.5 Å². The van der Waals surface area contributed by atoms with Crippen molar-refractivity contribution in [2.75, 3.05) is 39.6 Å². The molecule has 0 aliphatic rings. The summed E-state index contributed by atoms with van der Waals surface area (Å²) < 4.78 is 68.3. The molecule has 0 saturated heterocycles. The highest BCUT2D eigenvalue weighted by molar-refractivity contribution is 7.47. The van der Waals surface area contributed by atoms with Gasteiger partial charge in [-0.05, 0) is 49.4 Å². The van der Waals surface area contributed by atoms with Crippen molar-refractivity contribution in [2.24, 2.45) is 23.7 Å². The van der Waals surface area contributed by atoms with Gasteiger partial charge in [-0.1, -0.05) is 312 Å². The number of phosphoric ester groups is 2. The minimum Gasteiger partial charge on any atom is -0.462 e. The highest BCUT2D eigenvalue weighted by Crippen LogP contribution is 2.45. The van der Waals surface area contributed by atoms with Crippen LogP contribution in [-0.2, 0) is 65.4 Å². The standard InChI is InChI=1S/C73H142O17P2/c1-9-65(7)51-43-35-26-22-19-20-23-27-37-45-53-70(75)83-59-69(90-73(78)56-48-40-31-29-34-42-50-64(5)6)62-88-92(81,82)86-58-67(74)57-85-91(79,80)87-61-68(60-84-71(76)54-46-38-32-30-36-44-52-66(8)10-2)89-72(77)55-47-39-28-24-18-16-14-12-11-13-15-17-21-25-33-41-49-63(3)4/h63-69,74H,9-62H2,1-8H3,(H,79,80)(H,81,82)/t65?,66?,67-,68+,69+/m0/s1. The molecule has 0 aliphatic carbocycles. The number of rotatable bonds is 70. The Morgan fingerprint density at radius 2 is 0.522 bits per heavy atom. The lowest BCUT2D eigenvalue weighted by Crippen LogP contribution is -2.30. The quantitative estimate of drug-likeness (QED) is 0.0222. The summed E-state index contributed by atoms with van der Waals surface area (Å²) in [7, 11) is -9.91. The molecule has 0 spiro atoms. The van der Waals surface area contributed by atoms with Crippen LogP contribution in [0.2, 0.25) is 0 Å². The van der Waals surface area contributed by atoms with Gasteiger partial charge in [-0.2, -0.15) is 0 Å². The lowest BCUT2D eigenvalue weighted by atomic mass is 9.99. The summed E-state index contributed by atoms with van der Waals surface area (Å²) in [4.78, 5) is 72.6.